The molecule has 0 spiro atoms. The fourth-order valence-corrected chi connectivity index (χ4v) is 3.20. The molecule has 0 atom stereocenters. The summed E-state index contributed by atoms with van der Waals surface area (Å²) < 4.78 is 31.6. The number of aromatic nitrogens is 2. The van der Waals surface area contributed by atoms with Crippen LogP contribution in [0.3, 0.4) is 0 Å². The lowest BCUT2D eigenvalue weighted by Crippen LogP contribution is -2.29. The summed E-state index contributed by atoms with van der Waals surface area (Å²) in [5.41, 5.74) is 1.08. The van der Waals surface area contributed by atoms with Gasteiger partial charge >= 0.3 is 11.6 Å². The number of rotatable bonds is 4. The summed E-state index contributed by atoms with van der Waals surface area (Å²) in [6.07, 6.45) is 0. The Morgan fingerprint density at radius 2 is 1.41 bits per heavy atom. The Balaban J connectivity index is 1.97. The summed E-state index contributed by atoms with van der Waals surface area (Å²) in [5, 5.41) is 0. The largest absolute Gasteiger partial charge is 0.353 e. The molecule has 0 amide bonds. The van der Waals surface area contributed by atoms with Crippen LogP contribution >= 0.6 is 0 Å². The number of benzene rings is 3. The summed E-state index contributed by atoms with van der Waals surface area (Å²) >= 11 is 0. The van der Waals surface area contributed by atoms with Crippen molar-refractivity contribution in [1.82, 2.24) is 9.55 Å². The van der Waals surface area contributed by atoms with Crippen LogP contribution in [0.25, 0.3) is 16.9 Å². The van der Waals surface area contributed by atoms with Gasteiger partial charge in [-0.25, -0.2) is 4.79 Å². The van der Waals surface area contributed by atoms with Gasteiger partial charge in [0.15, 0.2) is 0 Å². The molecule has 3 nitrogen and oxygen atoms in total. The molecule has 0 aliphatic carbocycles. The summed E-state index contributed by atoms with van der Waals surface area (Å²) in [4.78, 5) is 16.7. The second-order valence-corrected chi connectivity index (χ2v) is 6.79. The minimum absolute atomic E-state index is 0.209. The van der Waals surface area contributed by atoms with Crippen molar-refractivity contribution in [2.24, 2.45) is 0 Å². The van der Waals surface area contributed by atoms with Crippen molar-refractivity contribution in [2.75, 3.05) is 0 Å². The van der Waals surface area contributed by atoms with Crippen molar-refractivity contribution >= 4 is 0 Å². The van der Waals surface area contributed by atoms with Gasteiger partial charge < -0.3 is 0 Å². The van der Waals surface area contributed by atoms with E-state index in [0.29, 0.717) is 16.9 Å². The number of nitrogens with zero attached hydrogens (tertiary/aromatic N) is 2. The summed E-state index contributed by atoms with van der Waals surface area (Å²) in [7, 11) is 0. The molecule has 0 saturated heterocycles. The molecule has 4 rings (SSSR count). The van der Waals surface area contributed by atoms with Crippen LogP contribution in [-0.4, -0.2) is 9.55 Å². The van der Waals surface area contributed by atoms with E-state index in [1.807, 2.05) is 25.1 Å². The SMILES string of the molecule is Cc1ccc(-n2c(-c3ccccc3)cc(C(F)(F)c3ccccc3)nc2=O)cc1. The third-order valence-corrected chi connectivity index (χ3v) is 4.74. The van der Waals surface area contributed by atoms with Crippen molar-refractivity contribution in [1.29, 1.82) is 0 Å². The van der Waals surface area contributed by atoms with E-state index in [-0.39, 0.29) is 5.56 Å². The highest BCUT2D eigenvalue weighted by Gasteiger charge is 2.37. The third kappa shape index (κ3) is 3.59. The molecular formula is C24H18F2N2O. The zero-order chi connectivity index (χ0) is 20.4. The smallest absolute Gasteiger partial charge is 0.261 e. The summed E-state index contributed by atoms with van der Waals surface area (Å²) in [5.74, 6) is -3.39. The molecule has 0 unspecified atom stereocenters. The normalized spacial score (nSPS) is 11.4. The highest BCUT2D eigenvalue weighted by molar-refractivity contribution is 5.63. The Labute approximate surface area is 166 Å². The molecule has 29 heavy (non-hydrogen) atoms. The van der Waals surface area contributed by atoms with E-state index in [0.717, 1.165) is 5.56 Å². The van der Waals surface area contributed by atoms with Crippen LogP contribution in [-0.2, 0) is 5.92 Å². The van der Waals surface area contributed by atoms with Crippen LogP contribution < -0.4 is 5.69 Å². The molecule has 0 fully saturated rings. The maximum absolute atomic E-state index is 15.1. The highest BCUT2D eigenvalue weighted by atomic mass is 19.3. The molecule has 1 heterocycles. The molecule has 0 saturated carbocycles. The van der Waals surface area contributed by atoms with Crippen molar-refractivity contribution in [3.8, 4) is 16.9 Å². The number of halogens is 2. The number of hydrogen-bond donors (Lipinski definition) is 0. The van der Waals surface area contributed by atoms with Gasteiger partial charge in [0.05, 0.1) is 11.4 Å². The Morgan fingerprint density at radius 3 is 2.03 bits per heavy atom. The second-order valence-electron chi connectivity index (χ2n) is 6.79. The summed E-state index contributed by atoms with van der Waals surface area (Å²) in [6.45, 7) is 1.94. The van der Waals surface area contributed by atoms with E-state index in [1.165, 1.54) is 34.9 Å². The maximum Gasteiger partial charge on any atom is 0.353 e. The Morgan fingerprint density at radius 1 is 0.828 bits per heavy atom. The molecule has 0 N–H and O–H groups in total. The molecule has 5 heteroatoms. The average molecular weight is 388 g/mol. The van der Waals surface area contributed by atoms with Crippen LogP contribution in [0.15, 0.2) is 95.8 Å². The zero-order valence-electron chi connectivity index (χ0n) is 15.7. The highest BCUT2D eigenvalue weighted by Crippen LogP contribution is 2.35. The topological polar surface area (TPSA) is 34.9 Å². The predicted octanol–water partition coefficient (Wildman–Crippen LogP) is 5.35. The monoisotopic (exact) mass is 388 g/mol. The van der Waals surface area contributed by atoms with Crippen LogP contribution in [0.2, 0.25) is 0 Å². The molecule has 3 aromatic carbocycles. The lowest BCUT2D eigenvalue weighted by Gasteiger charge is -2.19. The van der Waals surface area contributed by atoms with Gasteiger partial charge in [-0.05, 0) is 30.7 Å². The van der Waals surface area contributed by atoms with E-state index in [4.69, 9.17) is 0 Å². The van der Waals surface area contributed by atoms with Crippen molar-refractivity contribution in [3.63, 3.8) is 0 Å². The molecule has 0 bridgehead atoms. The number of aryl methyl sites for hydroxylation is 1. The Kier molecular flexibility index (Phi) is 4.80. The summed E-state index contributed by atoms with van der Waals surface area (Å²) in [6, 6.07) is 25.0. The van der Waals surface area contributed by atoms with Gasteiger partial charge in [0, 0.05) is 5.56 Å². The van der Waals surface area contributed by atoms with Gasteiger partial charge in [0.25, 0.3) is 0 Å². The first-order chi connectivity index (χ1) is 14.0. The van der Waals surface area contributed by atoms with Crippen molar-refractivity contribution in [3.05, 3.63) is 118 Å². The van der Waals surface area contributed by atoms with E-state index >= 15 is 8.78 Å². The van der Waals surface area contributed by atoms with E-state index in [1.54, 1.807) is 42.5 Å². The first-order valence-electron chi connectivity index (χ1n) is 9.17. The van der Waals surface area contributed by atoms with E-state index < -0.39 is 17.3 Å². The van der Waals surface area contributed by atoms with Gasteiger partial charge in [-0.1, -0.05) is 78.4 Å². The number of alkyl halides is 2. The van der Waals surface area contributed by atoms with Crippen molar-refractivity contribution in [2.45, 2.75) is 12.8 Å². The van der Waals surface area contributed by atoms with Gasteiger partial charge in [-0.15, -0.1) is 0 Å². The predicted molar refractivity (Wildman–Crippen MR) is 109 cm³/mol. The van der Waals surface area contributed by atoms with E-state index in [9.17, 15) is 4.79 Å². The quantitative estimate of drug-likeness (QED) is 0.472. The van der Waals surface area contributed by atoms with Gasteiger partial charge in [0.1, 0.15) is 5.69 Å². The fourth-order valence-electron chi connectivity index (χ4n) is 3.20. The van der Waals surface area contributed by atoms with E-state index in [2.05, 4.69) is 4.98 Å². The minimum atomic E-state index is -3.39. The zero-order valence-corrected chi connectivity index (χ0v) is 15.7. The fraction of sp³-hybridized carbons (Fsp3) is 0.0833. The second kappa shape index (κ2) is 7.43. The molecule has 0 radical (unpaired) electrons. The van der Waals surface area contributed by atoms with Crippen LogP contribution in [0.4, 0.5) is 8.78 Å². The lowest BCUT2D eigenvalue weighted by molar-refractivity contribution is 0.0375. The Hall–Kier alpha value is -3.60. The standard InChI is InChI=1S/C24H18F2N2O/c1-17-12-14-20(15-13-17)28-21(18-8-4-2-5-9-18)16-22(27-23(28)29)24(25,26)19-10-6-3-7-11-19/h2-16H,1H3. The average Bonchev–Trinajstić information content (AvgIpc) is 2.75. The van der Waals surface area contributed by atoms with Crippen LogP contribution in [0, 0.1) is 6.92 Å². The lowest BCUT2D eigenvalue weighted by atomic mass is 10.0. The number of hydrogen-bond acceptors (Lipinski definition) is 2. The molecule has 0 aliphatic rings. The van der Waals surface area contributed by atoms with Gasteiger partial charge in [0.2, 0.25) is 0 Å². The minimum Gasteiger partial charge on any atom is -0.261 e. The van der Waals surface area contributed by atoms with Gasteiger partial charge in [-0.3, -0.25) is 4.57 Å². The Bertz CT molecular complexity index is 1190. The molecular weight excluding hydrogens is 370 g/mol. The molecule has 0 aliphatic heterocycles. The first-order valence-corrected chi connectivity index (χ1v) is 9.17. The van der Waals surface area contributed by atoms with Gasteiger partial charge in [-0.2, -0.15) is 13.8 Å². The maximum atomic E-state index is 15.1. The molecule has 144 valence electrons. The van der Waals surface area contributed by atoms with Crippen LogP contribution in [0.5, 0.6) is 0 Å². The third-order valence-electron chi connectivity index (χ3n) is 4.74. The molecule has 1 aromatic heterocycles. The van der Waals surface area contributed by atoms with Crippen molar-refractivity contribution < 1.29 is 8.78 Å². The molecule has 4 aromatic rings. The first kappa shape index (κ1) is 18.7. The van der Waals surface area contributed by atoms with Crippen LogP contribution in [0.1, 0.15) is 16.8 Å².